The zero-order valence-corrected chi connectivity index (χ0v) is 65.4. The second-order valence-corrected chi connectivity index (χ2v) is 26.7. The van der Waals surface area contributed by atoms with Crippen molar-refractivity contribution in [1.82, 2.24) is 14.1 Å². The van der Waals surface area contributed by atoms with E-state index in [1.807, 2.05) is 119 Å². The summed E-state index contributed by atoms with van der Waals surface area (Å²) in [4.78, 5) is 51.0. The number of para-hydroxylation sites is 2. The summed E-state index contributed by atoms with van der Waals surface area (Å²) in [6.45, 7) is 19.9. The van der Waals surface area contributed by atoms with Crippen LogP contribution in [0.25, 0.3) is 73.5 Å². The molecule has 0 radical (unpaired) electrons. The third-order valence-electron chi connectivity index (χ3n) is 17.1. The fourth-order valence-corrected chi connectivity index (χ4v) is 12.7. The number of carbonyl (C=O) groups excluding carboxylic acids is 4. The Balaban J connectivity index is 0.000000287. The van der Waals surface area contributed by atoms with Gasteiger partial charge < -0.3 is 79.9 Å². The first-order chi connectivity index (χ1) is 49.3. The van der Waals surface area contributed by atoms with Crippen LogP contribution in [0.4, 0.5) is 18.9 Å². The molecule has 18 nitrogen and oxygen atoms in total. The van der Waals surface area contributed by atoms with Gasteiger partial charge in [-0.25, -0.2) is 13.2 Å². The van der Waals surface area contributed by atoms with E-state index in [9.17, 15) is 83.4 Å². The number of aromatic nitrogens is 3. The number of halogens is 3. The number of benzene rings is 6. The van der Waals surface area contributed by atoms with Crippen molar-refractivity contribution in [3.63, 3.8) is 0 Å². The van der Waals surface area contributed by atoms with Gasteiger partial charge in [-0.2, -0.15) is 0 Å². The number of fused-ring (bicyclic) bond motifs is 1. The summed E-state index contributed by atoms with van der Waals surface area (Å²) in [5, 5.41) is 108. The number of amides is 1. The summed E-state index contributed by atoms with van der Waals surface area (Å²) < 4.78 is 45.3. The molecular formula is C83H90F3N4Na2O14-. The van der Waals surface area contributed by atoms with E-state index >= 15 is 0 Å². The fraction of sp³-hybridized carbons (Fsp3) is 0.313. The number of aliphatic hydroxyl groups excluding tert-OH is 7. The summed E-state index contributed by atoms with van der Waals surface area (Å²) in [7, 11) is 0. The number of carbonyl (C=O) groups is 4. The van der Waals surface area contributed by atoms with Crippen molar-refractivity contribution in [2.24, 2.45) is 0 Å². The second kappa shape index (κ2) is 41.7. The van der Waals surface area contributed by atoms with E-state index in [0.717, 1.165) is 39.0 Å². The molecular weight excluding hydrogens is 1380 g/mol. The molecule has 0 aliphatic carbocycles. The number of hydrogen-bond donors (Lipinski definition) is 8. The van der Waals surface area contributed by atoms with E-state index in [2.05, 4.69) is 30.3 Å². The van der Waals surface area contributed by atoms with E-state index in [-0.39, 0.29) is 133 Å². The monoisotopic (exact) mass is 1470 g/mol. The van der Waals surface area contributed by atoms with Crippen molar-refractivity contribution in [3.05, 3.63) is 233 Å². The molecule has 6 aromatic carbocycles. The van der Waals surface area contributed by atoms with Crippen LogP contribution in [-0.2, 0) is 20.9 Å². The van der Waals surface area contributed by atoms with Crippen LogP contribution in [0.1, 0.15) is 168 Å². The van der Waals surface area contributed by atoms with Crippen LogP contribution in [0.5, 0.6) is 0 Å². The normalized spacial score (nSPS) is 13.1. The van der Waals surface area contributed by atoms with Gasteiger partial charge >= 0.3 is 59.1 Å². The molecule has 0 spiro atoms. The van der Waals surface area contributed by atoms with E-state index < -0.39 is 85.4 Å². The minimum Gasteiger partial charge on any atom is -0.550 e. The number of aliphatic carboxylic acids is 3. The summed E-state index contributed by atoms with van der Waals surface area (Å²) in [5.74, 6) is -5.94. The molecule has 3 aromatic heterocycles. The van der Waals surface area contributed by atoms with Gasteiger partial charge in [0.2, 0.25) is 0 Å². The van der Waals surface area contributed by atoms with Gasteiger partial charge in [0.1, 0.15) is 23.2 Å². The largest absolute Gasteiger partial charge is 1.00 e. The van der Waals surface area contributed by atoms with Crippen molar-refractivity contribution in [2.75, 3.05) is 5.32 Å². The van der Waals surface area contributed by atoms with Crippen LogP contribution in [0.3, 0.4) is 0 Å². The van der Waals surface area contributed by atoms with E-state index in [4.69, 9.17) is 4.98 Å². The van der Waals surface area contributed by atoms with Crippen molar-refractivity contribution in [2.45, 2.75) is 167 Å². The number of rotatable bonds is 30. The number of nitrogens with zero attached hydrogens (tertiary/aromatic N) is 3. The van der Waals surface area contributed by atoms with Gasteiger partial charge in [0.25, 0.3) is 5.91 Å². The summed E-state index contributed by atoms with van der Waals surface area (Å²) in [6.07, 6.45) is -2.41. The quantitative estimate of drug-likeness (QED) is 0.0183. The van der Waals surface area contributed by atoms with Gasteiger partial charge in [-0.15, -0.1) is 0 Å². The van der Waals surface area contributed by atoms with Crippen LogP contribution < -0.4 is 79.8 Å². The van der Waals surface area contributed by atoms with Crippen molar-refractivity contribution < 1.29 is 143 Å². The first kappa shape index (κ1) is 88.4. The van der Waals surface area contributed by atoms with Crippen molar-refractivity contribution in [3.8, 4) is 44.6 Å². The predicted molar refractivity (Wildman–Crippen MR) is 392 cm³/mol. The third kappa shape index (κ3) is 24.4. The van der Waals surface area contributed by atoms with Crippen LogP contribution >= 0.6 is 0 Å². The molecule has 9 aromatic rings. The number of carboxylic acids is 3. The second-order valence-electron chi connectivity index (χ2n) is 26.7. The van der Waals surface area contributed by atoms with E-state index in [0.29, 0.717) is 61.7 Å². The van der Waals surface area contributed by atoms with Crippen LogP contribution in [0.15, 0.2) is 176 Å². The Labute approximate surface area is 660 Å². The zero-order chi connectivity index (χ0) is 76.2. The molecule has 3 heterocycles. The first-order valence-corrected chi connectivity index (χ1v) is 34.4. The number of anilines is 1. The number of pyridine rings is 1. The van der Waals surface area contributed by atoms with Gasteiger partial charge in [-0.05, 0) is 140 Å². The molecule has 106 heavy (non-hydrogen) atoms. The third-order valence-corrected chi connectivity index (χ3v) is 17.1. The topological polar surface area (TPSA) is 314 Å². The van der Waals surface area contributed by atoms with Gasteiger partial charge in [0.15, 0.2) is 0 Å². The standard InChI is InChI=1S/C33H35FN2O5.C26H32FNO5.C24H26FNO4.2Na/c1-21(2)31-30(33(41)35-25-11-7-4-8-12-25)29(22-9-5-3-6-10-22)32(23-13-15-24(34)16-14-23)36(31)18-17-26(37)19-27(38)20-28(39)40;1-14(2)25-21(11-10-19(30)12-20(31)13-22(32)33)24(17-6-8-18(27)9-7-17)23(16(5)29)26(28-25)15(3)4;1-15(2)26-21-6-4-3-5-20(21)24(16-7-9-17(25)10-8-16)22(26)12-11-18(27)13-19(28)14-23(29)30;;/h3-16,21,26-27,37-38H,17-20H2,1-2H3,(H,35,41)(H,39,40);6-11,14-15,19-20,29-31H,5,12-13H2,1-4H3,(H,32,33);3-12,15,18-19,27-28H,13-14H2,1-2H3,(H,29,30);;/q;;;2*+1/p-3/b;11-10+;12-11+;;/t26-,27-;19-,20-;18-,19-;;/m110../s1. The molecule has 6 atom stereocenters. The minimum absolute atomic E-state index is 0. The molecule has 1 amide bonds. The van der Waals surface area contributed by atoms with Gasteiger partial charge in [0, 0.05) is 118 Å². The van der Waals surface area contributed by atoms with Crippen molar-refractivity contribution >= 4 is 58.3 Å². The minimum atomic E-state index is -1.40. The molecule has 9 rings (SSSR count). The fourth-order valence-electron chi connectivity index (χ4n) is 12.7. The van der Waals surface area contributed by atoms with E-state index in [1.54, 1.807) is 66.8 Å². The number of hydrogen-bond acceptors (Lipinski definition) is 15. The molecule has 23 heteroatoms. The number of aliphatic hydroxyl groups is 7. The number of carboxylic acid groups (broad SMARTS) is 3. The smallest absolute Gasteiger partial charge is 0.550 e. The molecule has 0 unspecified atom stereocenters. The molecule has 0 bridgehead atoms. The molecule has 8 N–H and O–H groups in total. The zero-order valence-electron chi connectivity index (χ0n) is 61.4. The number of nitrogens with one attached hydrogen (secondary N) is 1. The molecule has 0 saturated carbocycles. The first-order valence-electron chi connectivity index (χ1n) is 34.4. The maximum atomic E-state index is 14.0. The van der Waals surface area contributed by atoms with Crippen molar-refractivity contribution in [1.29, 1.82) is 0 Å². The molecule has 0 aliphatic heterocycles. The maximum Gasteiger partial charge on any atom is 1.00 e. The molecule has 550 valence electrons. The van der Waals surface area contributed by atoms with Gasteiger partial charge in [0.05, 0.1) is 59.3 Å². The summed E-state index contributed by atoms with van der Waals surface area (Å²) in [5.41, 5.74) is 12.0. The molecule has 0 fully saturated rings. The average Bonchev–Trinajstić information content (AvgIpc) is 1.68. The maximum absolute atomic E-state index is 14.0. The Morgan fingerprint density at radius 2 is 0.943 bits per heavy atom. The Bertz CT molecular complexity index is 4450. The summed E-state index contributed by atoms with van der Waals surface area (Å²) >= 11 is 0. The molecule has 0 saturated heterocycles. The molecule has 0 aliphatic rings. The average molecular weight is 1470 g/mol. The van der Waals surface area contributed by atoms with Crippen LogP contribution in [0.2, 0.25) is 0 Å². The summed E-state index contributed by atoms with van der Waals surface area (Å²) in [6, 6.07) is 44.8. The van der Waals surface area contributed by atoms with Crippen LogP contribution in [-0.4, -0.2) is 110 Å². The predicted octanol–water partition coefficient (Wildman–Crippen LogP) is 6.21. The van der Waals surface area contributed by atoms with Gasteiger partial charge in [-0.1, -0.05) is 157 Å². The van der Waals surface area contributed by atoms with E-state index in [1.165, 1.54) is 42.5 Å². The Kier molecular flexibility index (Phi) is 34.8. The van der Waals surface area contributed by atoms with Crippen LogP contribution in [0, 0.1) is 17.5 Å². The Hall–Kier alpha value is -8.26. The van der Waals surface area contributed by atoms with Gasteiger partial charge in [-0.3, -0.25) is 9.78 Å². The Morgan fingerprint density at radius 1 is 0.509 bits per heavy atom. The Morgan fingerprint density at radius 3 is 1.41 bits per heavy atom. The SMILES string of the molecule is C=C(O)c1c(C(C)C)nc(C(C)C)c(/C=C/[C@@H](O)C[C@@H](O)CC(=O)[O-])c1-c1ccc(F)cc1.CC(C)c1c(C(=O)Nc2ccccc2)c(-c2ccccc2)c(-c2ccc(F)cc2)n1CC[C@@H](O)C[C@@H](O)CC(=O)[O-].CC(C)n1c(/C=C/[C@H](O)C[C@H](O)CC(=O)[O-])c(-c2ccc(F)cc2)c2ccccc21.[Na+].[Na+].